The Balaban J connectivity index is 2.24. The van der Waals surface area contributed by atoms with Crippen LogP contribution in [0.2, 0.25) is 0 Å². The van der Waals surface area contributed by atoms with E-state index >= 15 is 0 Å². The molecule has 0 unspecified atom stereocenters. The highest BCUT2D eigenvalue weighted by atomic mass is 19.1. The number of halogens is 1. The molecule has 0 radical (unpaired) electrons. The first-order valence-electron chi connectivity index (χ1n) is 5.49. The number of pyridine rings is 1. The van der Waals surface area contributed by atoms with E-state index in [2.05, 4.69) is 15.2 Å². The second-order valence-electron chi connectivity index (χ2n) is 3.98. The molecule has 0 amide bonds. The number of hydrogen-bond donors (Lipinski definition) is 2. The van der Waals surface area contributed by atoms with Crippen molar-refractivity contribution < 1.29 is 14.3 Å². The summed E-state index contributed by atoms with van der Waals surface area (Å²) in [5.41, 5.74) is 1.38. The van der Waals surface area contributed by atoms with Gasteiger partial charge < -0.3 is 5.11 Å². The number of fused-ring (bicyclic) bond motifs is 1. The number of nitrogens with zero attached hydrogens (tertiary/aromatic N) is 2. The standard InChI is InChI=1S/C13H8FN3O2/c14-12-8(2-1-5-15-12)7-3-4-10-9(6-7)11(13(18)19)17-16-10/h1-6H,(H,16,17)(H,18,19). The topological polar surface area (TPSA) is 78.9 Å². The lowest BCUT2D eigenvalue weighted by Crippen LogP contribution is -1.97. The third-order valence-electron chi connectivity index (χ3n) is 2.84. The predicted molar refractivity (Wildman–Crippen MR) is 66.2 cm³/mol. The third kappa shape index (κ3) is 1.83. The second-order valence-corrected chi connectivity index (χ2v) is 3.98. The molecule has 0 saturated heterocycles. The van der Waals surface area contributed by atoms with Gasteiger partial charge in [0.05, 0.1) is 5.52 Å². The van der Waals surface area contributed by atoms with Gasteiger partial charge >= 0.3 is 5.97 Å². The molecule has 2 aromatic heterocycles. The van der Waals surface area contributed by atoms with E-state index in [-0.39, 0.29) is 5.69 Å². The highest BCUT2D eigenvalue weighted by molar-refractivity contribution is 6.02. The van der Waals surface area contributed by atoms with E-state index in [0.717, 1.165) is 0 Å². The van der Waals surface area contributed by atoms with Crippen molar-refractivity contribution in [1.82, 2.24) is 15.2 Å². The third-order valence-corrected chi connectivity index (χ3v) is 2.84. The Kier molecular flexibility index (Phi) is 2.49. The molecule has 19 heavy (non-hydrogen) atoms. The van der Waals surface area contributed by atoms with Gasteiger partial charge in [-0.2, -0.15) is 9.49 Å². The fourth-order valence-electron chi connectivity index (χ4n) is 1.95. The average molecular weight is 257 g/mol. The van der Waals surface area contributed by atoms with Crippen LogP contribution in [0.5, 0.6) is 0 Å². The van der Waals surface area contributed by atoms with Gasteiger partial charge in [0.15, 0.2) is 5.69 Å². The molecular weight excluding hydrogens is 249 g/mol. The van der Waals surface area contributed by atoms with Crippen LogP contribution in [0.3, 0.4) is 0 Å². The minimum absolute atomic E-state index is 0.0823. The normalized spacial score (nSPS) is 10.8. The van der Waals surface area contributed by atoms with Crippen molar-refractivity contribution >= 4 is 16.9 Å². The lowest BCUT2D eigenvalue weighted by Gasteiger charge is -2.02. The van der Waals surface area contributed by atoms with Gasteiger partial charge in [0.1, 0.15) is 0 Å². The van der Waals surface area contributed by atoms with Crippen molar-refractivity contribution in [2.24, 2.45) is 0 Å². The zero-order chi connectivity index (χ0) is 13.4. The highest BCUT2D eigenvalue weighted by Gasteiger charge is 2.14. The van der Waals surface area contributed by atoms with Gasteiger partial charge in [-0.3, -0.25) is 5.10 Å². The van der Waals surface area contributed by atoms with Crippen molar-refractivity contribution in [1.29, 1.82) is 0 Å². The van der Waals surface area contributed by atoms with Crippen LogP contribution in [0.1, 0.15) is 10.5 Å². The monoisotopic (exact) mass is 257 g/mol. The molecule has 0 aliphatic rings. The van der Waals surface area contributed by atoms with E-state index < -0.39 is 11.9 Å². The number of aromatic carboxylic acids is 1. The SMILES string of the molecule is O=C(O)c1n[nH]c2ccc(-c3cccnc3F)cc12. The number of aromatic amines is 1. The summed E-state index contributed by atoms with van der Waals surface area (Å²) < 4.78 is 13.6. The van der Waals surface area contributed by atoms with E-state index in [1.54, 1.807) is 30.3 Å². The summed E-state index contributed by atoms with van der Waals surface area (Å²) in [7, 11) is 0. The Morgan fingerprint density at radius 2 is 2.16 bits per heavy atom. The molecule has 0 aliphatic carbocycles. The van der Waals surface area contributed by atoms with E-state index in [0.29, 0.717) is 22.0 Å². The minimum Gasteiger partial charge on any atom is -0.476 e. The van der Waals surface area contributed by atoms with Gasteiger partial charge in [-0.15, -0.1) is 0 Å². The lowest BCUT2D eigenvalue weighted by molar-refractivity contribution is 0.0692. The van der Waals surface area contributed by atoms with Crippen LogP contribution in [0.15, 0.2) is 36.5 Å². The maximum atomic E-state index is 13.6. The summed E-state index contributed by atoms with van der Waals surface area (Å²) >= 11 is 0. The van der Waals surface area contributed by atoms with Gasteiger partial charge in [0.2, 0.25) is 5.95 Å². The van der Waals surface area contributed by atoms with Crippen molar-refractivity contribution in [3.8, 4) is 11.1 Å². The van der Waals surface area contributed by atoms with Gasteiger partial charge in [0, 0.05) is 17.1 Å². The first kappa shape index (κ1) is 11.3. The number of carboxylic acid groups (broad SMARTS) is 1. The van der Waals surface area contributed by atoms with Crippen LogP contribution >= 0.6 is 0 Å². The van der Waals surface area contributed by atoms with E-state index in [1.165, 1.54) is 6.20 Å². The summed E-state index contributed by atoms with van der Waals surface area (Å²) in [6, 6.07) is 8.14. The number of carboxylic acids is 1. The van der Waals surface area contributed by atoms with Crippen LogP contribution in [0.25, 0.3) is 22.0 Å². The zero-order valence-electron chi connectivity index (χ0n) is 9.59. The van der Waals surface area contributed by atoms with Gasteiger partial charge in [-0.25, -0.2) is 9.78 Å². The average Bonchev–Trinajstić information content (AvgIpc) is 2.82. The number of hydrogen-bond acceptors (Lipinski definition) is 3. The molecule has 2 N–H and O–H groups in total. The van der Waals surface area contributed by atoms with Crippen LogP contribution in [0, 0.1) is 5.95 Å². The summed E-state index contributed by atoms with van der Waals surface area (Å²) in [5.74, 6) is -1.72. The lowest BCUT2D eigenvalue weighted by atomic mass is 10.0. The zero-order valence-corrected chi connectivity index (χ0v) is 9.59. The number of nitrogens with one attached hydrogen (secondary N) is 1. The summed E-state index contributed by atoms with van der Waals surface area (Å²) in [6.45, 7) is 0. The largest absolute Gasteiger partial charge is 0.476 e. The van der Waals surface area contributed by atoms with Crippen LogP contribution in [-0.4, -0.2) is 26.3 Å². The number of rotatable bonds is 2. The van der Waals surface area contributed by atoms with E-state index in [9.17, 15) is 9.18 Å². The molecule has 0 atom stereocenters. The molecule has 94 valence electrons. The number of benzene rings is 1. The molecule has 0 bridgehead atoms. The Bertz CT molecular complexity index is 782. The van der Waals surface area contributed by atoms with Gasteiger partial charge in [-0.05, 0) is 29.8 Å². The molecule has 0 spiro atoms. The minimum atomic E-state index is -1.13. The Hall–Kier alpha value is -2.76. The highest BCUT2D eigenvalue weighted by Crippen LogP contribution is 2.26. The second kappa shape index (κ2) is 4.16. The molecule has 5 nitrogen and oxygen atoms in total. The van der Waals surface area contributed by atoms with Gasteiger partial charge in [0.25, 0.3) is 0 Å². The fraction of sp³-hybridized carbons (Fsp3) is 0. The van der Waals surface area contributed by atoms with Crippen molar-refractivity contribution in [3.63, 3.8) is 0 Å². The molecule has 0 aliphatic heterocycles. The quantitative estimate of drug-likeness (QED) is 0.691. The molecular formula is C13H8FN3O2. The summed E-state index contributed by atoms with van der Waals surface area (Å²) in [4.78, 5) is 14.6. The molecule has 3 rings (SSSR count). The van der Waals surface area contributed by atoms with E-state index in [1.807, 2.05) is 0 Å². The molecule has 1 aromatic carbocycles. The van der Waals surface area contributed by atoms with Crippen LogP contribution < -0.4 is 0 Å². The molecule has 2 heterocycles. The van der Waals surface area contributed by atoms with Crippen LogP contribution in [0.4, 0.5) is 4.39 Å². The molecule has 3 aromatic rings. The van der Waals surface area contributed by atoms with E-state index in [4.69, 9.17) is 5.11 Å². The number of H-pyrrole nitrogens is 1. The summed E-state index contributed by atoms with van der Waals surface area (Å²) in [5, 5.41) is 15.8. The molecule has 0 saturated carbocycles. The molecule has 0 fully saturated rings. The molecule has 6 heteroatoms. The first-order chi connectivity index (χ1) is 9.16. The maximum absolute atomic E-state index is 13.6. The maximum Gasteiger partial charge on any atom is 0.357 e. The van der Waals surface area contributed by atoms with Crippen molar-refractivity contribution in [3.05, 3.63) is 48.2 Å². The summed E-state index contributed by atoms with van der Waals surface area (Å²) in [6.07, 6.45) is 1.36. The number of aromatic nitrogens is 3. The van der Waals surface area contributed by atoms with Crippen LogP contribution in [-0.2, 0) is 0 Å². The van der Waals surface area contributed by atoms with Crippen molar-refractivity contribution in [2.75, 3.05) is 0 Å². The van der Waals surface area contributed by atoms with Gasteiger partial charge in [-0.1, -0.05) is 6.07 Å². The first-order valence-corrected chi connectivity index (χ1v) is 5.49. The Morgan fingerprint density at radius 1 is 1.32 bits per heavy atom. The fourth-order valence-corrected chi connectivity index (χ4v) is 1.95. The number of carbonyl (C=O) groups is 1. The Morgan fingerprint density at radius 3 is 2.89 bits per heavy atom. The predicted octanol–water partition coefficient (Wildman–Crippen LogP) is 2.46. The van der Waals surface area contributed by atoms with Crippen molar-refractivity contribution in [2.45, 2.75) is 0 Å². The Labute approximate surface area is 106 Å². The smallest absolute Gasteiger partial charge is 0.357 e.